The van der Waals surface area contributed by atoms with Crippen LogP contribution in [0.4, 0.5) is 11.5 Å². The second-order valence-corrected chi connectivity index (χ2v) is 5.63. The SMILES string of the molecule is COc1cccc(CNC(=O)c2n[nH]nc2Nc2cccc(Cl)c2)c1. The van der Waals surface area contributed by atoms with Gasteiger partial charge in [-0.05, 0) is 35.9 Å². The summed E-state index contributed by atoms with van der Waals surface area (Å²) in [5.74, 6) is 0.711. The fourth-order valence-corrected chi connectivity index (χ4v) is 2.42. The Hall–Kier alpha value is -3.06. The predicted molar refractivity (Wildman–Crippen MR) is 95.3 cm³/mol. The standard InChI is InChI=1S/C17H16ClN5O2/c1-25-14-7-2-4-11(8-14)10-19-17(24)15-16(22-23-21-15)20-13-6-3-5-12(18)9-13/h2-9H,10H2,1H3,(H,19,24)(H2,20,21,22,23). The van der Waals surface area contributed by atoms with Crippen LogP contribution in [-0.4, -0.2) is 28.4 Å². The van der Waals surface area contributed by atoms with Gasteiger partial charge < -0.3 is 15.4 Å². The Bertz CT molecular complexity index is 881. The number of carbonyl (C=O) groups excluding carboxylic acids is 1. The molecule has 1 amide bonds. The maximum atomic E-state index is 12.4. The van der Waals surface area contributed by atoms with E-state index in [0.29, 0.717) is 23.1 Å². The van der Waals surface area contributed by atoms with Gasteiger partial charge in [0.25, 0.3) is 5.91 Å². The number of rotatable bonds is 6. The zero-order valence-electron chi connectivity index (χ0n) is 13.4. The number of carbonyl (C=O) groups is 1. The molecule has 0 saturated carbocycles. The Labute approximate surface area is 149 Å². The quantitative estimate of drug-likeness (QED) is 0.630. The van der Waals surface area contributed by atoms with Gasteiger partial charge in [-0.1, -0.05) is 29.8 Å². The van der Waals surface area contributed by atoms with E-state index in [2.05, 4.69) is 26.0 Å². The zero-order chi connectivity index (χ0) is 17.6. The van der Waals surface area contributed by atoms with Crippen molar-refractivity contribution in [1.29, 1.82) is 0 Å². The number of halogens is 1. The summed E-state index contributed by atoms with van der Waals surface area (Å²) in [6.45, 7) is 0.347. The number of anilines is 2. The minimum absolute atomic E-state index is 0.169. The van der Waals surface area contributed by atoms with Crippen molar-refractivity contribution in [2.45, 2.75) is 6.54 Å². The third-order valence-corrected chi connectivity index (χ3v) is 3.67. The van der Waals surface area contributed by atoms with E-state index in [4.69, 9.17) is 16.3 Å². The molecule has 0 fully saturated rings. The molecule has 0 radical (unpaired) electrons. The van der Waals surface area contributed by atoms with Crippen molar-refractivity contribution in [2.24, 2.45) is 0 Å². The lowest BCUT2D eigenvalue weighted by Gasteiger charge is -2.07. The van der Waals surface area contributed by atoms with Gasteiger partial charge in [0.2, 0.25) is 0 Å². The second kappa shape index (κ2) is 7.67. The van der Waals surface area contributed by atoms with Crippen LogP contribution < -0.4 is 15.4 Å². The lowest BCUT2D eigenvalue weighted by Crippen LogP contribution is -2.24. The van der Waals surface area contributed by atoms with Crippen LogP contribution in [0.15, 0.2) is 48.5 Å². The van der Waals surface area contributed by atoms with E-state index in [0.717, 1.165) is 11.3 Å². The molecule has 1 heterocycles. The largest absolute Gasteiger partial charge is 0.497 e. The van der Waals surface area contributed by atoms with E-state index in [1.54, 1.807) is 25.3 Å². The number of methoxy groups -OCH3 is 1. The van der Waals surface area contributed by atoms with Gasteiger partial charge in [0.1, 0.15) is 5.75 Å². The summed E-state index contributed by atoms with van der Waals surface area (Å²) in [4.78, 5) is 12.4. The highest BCUT2D eigenvalue weighted by Crippen LogP contribution is 2.20. The second-order valence-electron chi connectivity index (χ2n) is 5.19. The number of amides is 1. The molecule has 128 valence electrons. The molecule has 0 saturated heterocycles. The predicted octanol–water partition coefficient (Wildman–Crippen LogP) is 3.14. The molecule has 0 aliphatic rings. The van der Waals surface area contributed by atoms with Crippen molar-refractivity contribution in [3.05, 3.63) is 64.8 Å². The van der Waals surface area contributed by atoms with Crippen LogP contribution in [0.3, 0.4) is 0 Å². The van der Waals surface area contributed by atoms with E-state index < -0.39 is 0 Å². The molecular formula is C17H16ClN5O2. The molecule has 0 spiro atoms. The Morgan fingerprint density at radius 1 is 1.20 bits per heavy atom. The van der Waals surface area contributed by atoms with Crippen LogP contribution in [-0.2, 0) is 6.54 Å². The first-order valence-electron chi connectivity index (χ1n) is 7.50. The summed E-state index contributed by atoms with van der Waals surface area (Å²) in [7, 11) is 1.60. The smallest absolute Gasteiger partial charge is 0.275 e. The molecule has 0 aliphatic heterocycles. The first-order chi connectivity index (χ1) is 12.2. The molecule has 7 nitrogen and oxygen atoms in total. The summed E-state index contributed by atoms with van der Waals surface area (Å²) < 4.78 is 5.17. The maximum absolute atomic E-state index is 12.4. The van der Waals surface area contributed by atoms with Gasteiger partial charge in [-0.15, -0.1) is 10.2 Å². The van der Waals surface area contributed by atoms with Gasteiger partial charge in [-0.3, -0.25) is 4.79 Å². The van der Waals surface area contributed by atoms with Gasteiger partial charge in [0.05, 0.1) is 7.11 Å². The molecule has 2 aromatic carbocycles. The molecular weight excluding hydrogens is 342 g/mol. The highest BCUT2D eigenvalue weighted by molar-refractivity contribution is 6.30. The van der Waals surface area contributed by atoms with E-state index >= 15 is 0 Å². The van der Waals surface area contributed by atoms with Crippen molar-refractivity contribution in [2.75, 3.05) is 12.4 Å². The zero-order valence-corrected chi connectivity index (χ0v) is 14.2. The summed E-state index contributed by atoms with van der Waals surface area (Å²) >= 11 is 5.96. The summed E-state index contributed by atoms with van der Waals surface area (Å²) in [5, 5.41) is 16.7. The monoisotopic (exact) mass is 357 g/mol. The van der Waals surface area contributed by atoms with Crippen molar-refractivity contribution >= 4 is 29.0 Å². The van der Waals surface area contributed by atoms with Gasteiger partial charge >= 0.3 is 0 Å². The van der Waals surface area contributed by atoms with Gasteiger partial charge in [-0.2, -0.15) is 5.21 Å². The average Bonchev–Trinajstić information content (AvgIpc) is 3.08. The maximum Gasteiger partial charge on any atom is 0.275 e. The topological polar surface area (TPSA) is 91.9 Å². The number of hydrogen-bond acceptors (Lipinski definition) is 5. The Morgan fingerprint density at radius 3 is 2.84 bits per heavy atom. The summed E-state index contributed by atoms with van der Waals surface area (Å²) in [6.07, 6.45) is 0. The Balaban J connectivity index is 1.67. The minimum atomic E-state index is -0.346. The molecule has 3 rings (SSSR count). The molecule has 3 aromatic rings. The molecule has 3 N–H and O–H groups in total. The van der Waals surface area contributed by atoms with Crippen LogP contribution in [0.25, 0.3) is 0 Å². The van der Waals surface area contributed by atoms with Crippen LogP contribution in [0.5, 0.6) is 5.75 Å². The molecule has 0 atom stereocenters. The van der Waals surface area contributed by atoms with Crippen LogP contribution in [0, 0.1) is 0 Å². The normalized spacial score (nSPS) is 10.3. The molecule has 0 bridgehead atoms. The summed E-state index contributed by atoms with van der Waals surface area (Å²) in [5.41, 5.74) is 1.80. The van der Waals surface area contributed by atoms with Crippen molar-refractivity contribution in [3.63, 3.8) is 0 Å². The van der Waals surface area contributed by atoms with Crippen molar-refractivity contribution < 1.29 is 9.53 Å². The van der Waals surface area contributed by atoms with Gasteiger partial charge in [0.15, 0.2) is 11.5 Å². The molecule has 0 unspecified atom stereocenters. The van der Waals surface area contributed by atoms with Gasteiger partial charge in [-0.25, -0.2) is 0 Å². The number of ether oxygens (including phenoxy) is 1. The number of benzene rings is 2. The minimum Gasteiger partial charge on any atom is -0.497 e. The molecule has 25 heavy (non-hydrogen) atoms. The van der Waals surface area contributed by atoms with Crippen LogP contribution in [0.1, 0.15) is 16.1 Å². The van der Waals surface area contributed by atoms with Crippen molar-refractivity contribution in [3.8, 4) is 5.75 Å². The average molecular weight is 358 g/mol. The lowest BCUT2D eigenvalue weighted by atomic mass is 10.2. The number of nitrogens with zero attached hydrogens (tertiary/aromatic N) is 2. The highest BCUT2D eigenvalue weighted by Gasteiger charge is 2.16. The first kappa shape index (κ1) is 16.8. The Kier molecular flexibility index (Phi) is 5.15. The number of aromatic amines is 1. The fourth-order valence-electron chi connectivity index (χ4n) is 2.23. The molecule has 1 aromatic heterocycles. The van der Waals surface area contributed by atoms with E-state index in [-0.39, 0.29) is 11.6 Å². The number of H-pyrrole nitrogens is 1. The van der Waals surface area contributed by atoms with E-state index in [1.807, 2.05) is 30.3 Å². The molecule has 8 heteroatoms. The first-order valence-corrected chi connectivity index (χ1v) is 7.88. The van der Waals surface area contributed by atoms with Crippen LogP contribution >= 0.6 is 11.6 Å². The number of hydrogen-bond donors (Lipinski definition) is 3. The lowest BCUT2D eigenvalue weighted by molar-refractivity contribution is 0.0946. The Morgan fingerprint density at radius 2 is 2.04 bits per heavy atom. The van der Waals surface area contributed by atoms with Crippen LogP contribution in [0.2, 0.25) is 5.02 Å². The molecule has 0 aliphatic carbocycles. The number of nitrogens with one attached hydrogen (secondary N) is 3. The fraction of sp³-hybridized carbons (Fsp3) is 0.118. The summed E-state index contributed by atoms with van der Waals surface area (Å²) in [6, 6.07) is 14.6. The van der Waals surface area contributed by atoms with Crippen molar-refractivity contribution in [1.82, 2.24) is 20.7 Å². The van der Waals surface area contributed by atoms with E-state index in [1.165, 1.54) is 0 Å². The van der Waals surface area contributed by atoms with Gasteiger partial charge in [0, 0.05) is 17.3 Å². The van der Waals surface area contributed by atoms with E-state index in [9.17, 15) is 4.79 Å². The third-order valence-electron chi connectivity index (χ3n) is 3.44. The number of aromatic nitrogens is 3. The highest BCUT2D eigenvalue weighted by atomic mass is 35.5. The third kappa shape index (κ3) is 4.27.